The van der Waals surface area contributed by atoms with Crippen LogP contribution >= 0.6 is 0 Å². The van der Waals surface area contributed by atoms with Crippen molar-refractivity contribution in [1.82, 2.24) is 24.5 Å². The van der Waals surface area contributed by atoms with Crippen LogP contribution in [0.15, 0.2) is 43.0 Å². The van der Waals surface area contributed by atoms with Crippen molar-refractivity contribution in [3.8, 4) is 0 Å². The third-order valence-corrected chi connectivity index (χ3v) is 4.46. The molecular formula is C21H27FN8O2. The van der Waals surface area contributed by atoms with E-state index < -0.39 is 17.8 Å². The summed E-state index contributed by atoms with van der Waals surface area (Å²) in [5.74, 6) is -0.670. The van der Waals surface area contributed by atoms with Gasteiger partial charge in [0.05, 0.1) is 6.33 Å². The molecule has 0 amide bonds. The number of hydrogen-bond acceptors (Lipinski definition) is 8. The molecule has 0 aliphatic heterocycles. The molecule has 0 aliphatic carbocycles. The topological polar surface area (TPSA) is 130 Å². The van der Waals surface area contributed by atoms with Crippen molar-refractivity contribution >= 4 is 29.5 Å². The van der Waals surface area contributed by atoms with E-state index >= 15 is 0 Å². The van der Waals surface area contributed by atoms with Crippen molar-refractivity contribution in [2.75, 3.05) is 22.5 Å². The Morgan fingerprint density at radius 2 is 1.97 bits per heavy atom. The van der Waals surface area contributed by atoms with Crippen LogP contribution in [0.1, 0.15) is 26.7 Å². The summed E-state index contributed by atoms with van der Waals surface area (Å²) in [6.07, 6.45) is 6.54. The third kappa shape index (κ3) is 7.18. The molecule has 2 aromatic heterocycles. The Labute approximate surface area is 185 Å². The van der Waals surface area contributed by atoms with E-state index in [9.17, 15) is 14.3 Å². The average Bonchev–Trinajstić information content (AvgIpc) is 3.24. The number of hydrogen-bond donors (Lipinski definition) is 4. The lowest BCUT2D eigenvalue weighted by Crippen LogP contribution is -2.31. The molecule has 1 atom stereocenters. The van der Waals surface area contributed by atoms with Crippen molar-refractivity contribution < 1.29 is 14.3 Å². The monoisotopic (exact) mass is 442 g/mol. The minimum absolute atomic E-state index is 0.115. The first-order valence-corrected chi connectivity index (χ1v) is 10.4. The maximum absolute atomic E-state index is 13.5. The van der Waals surface area contributed by atoms with Gasteiger partial charge in [0.2, 0.25) is 17.8 Å². The molecule has 0 spiro atoms. The highest BCUT2D eigenvalue weighted by molar-refractivity contribution is 5.76. The number of halogens is 1. The van der Waals surface area contributed by atoms with Crippen LogP contribution in [-0.4, -0.2) is 48.2 Å². The first-order chi connectivity index (χ1) is 15.4. The number of rotatable bonds is 12. The van der Waals surface area contributed by atoms with Gasteiger partial charge in [0.25, 0.3) is 0 Å². The standard InChI is InChI=1S/C21H27FN8O2/c1-14(2)11-17(18(31)32)26-21-28-19(24-7-4-9-30-10-8-23-13-30)27-20(29-21)25-16-6-3-5-15(22)12-16/h3,5-6,8,10,12-14,17H,4,7,9,11H2,1-2H3,(H,31,32)(H3,24,25,26,27,28,29)/t17-/m0/s1. The quantitative estimate of drug-likeness (QED) is 0.312. The smallest absolute Gasteiger partial charge is 0.326 e. The number of anilines is 4. The van der Waals surface area contributed by atoms with Gasteiger partial charge in [0.1, 0.15) is 11.9 Å². The van der Waals surface area contributed by atoms with E-state index in [4.69, 9.17) is 0 Å². The number of nitrogens with zero attached hydrogens (tertiary/aromatic N) is 5. The van der Waals surface area contributed by atoms with Crippen molar-refractivity contribution in [2.45, 2.75) is 39.3 Å². The Hall–Kier alpha value is -3.76. The van der Waals surface area contributed by atoms with Gasteiger partial charge in [-0.15, -0.1) is 0 Å². The third-order valence-electron chi connectivity index (χ3n) is 4.46. The van der Waals surface area contributed by atoms with E-state index in [1.54, 1.807) is 24.7 Å². The van der Waals surface area contributed by atoms with Crippen LogP contribution in [0.3, 0.4) is 0 Å². The summed E-state index contributed by atoms with van der Waals surface area (Å²) in [5, 5.41) is 18.5. The second kappa shape index (κ2) is 11.0. The van der Waals surface area contributed by atoms with Crippen molar-refractivity contribution in [2.24, 2.45) is 5.92 Å². The molecule has 11 heteroatoms. The molecule has 0 bridgehead atoms. The van der Waals surface area contributed by atoms with Crippen molar-refractivity contribution in [1.29, 1.82) is 0 Å². The molecule has 32 heavy (non-hydrogen) atoms. The van der Waals surface area contributed by atoms with Crippen LogP contribution in [0.2, 0.25) is 0 Å². The minimum Gasteiger partial charge on any atom is -0.480 e. The van der Waals surface area contributed by atoms with E-state index in [1.807, 2.05) is 24.6 Å². The predicted molar refractivity (Wildman–Crippen MR) is 119 cm³/mol. The minimum atomic E-state index is -0.992. The fourth-order valence-electron chi connectivity index (χ4n) is 3.00. The molecule has 0 saturated carbocycles. The summed E-state index contributed by atoms with van der Waals surface area (Å²) in [7, 11) is 0. The Bertz CT molecular complexity index is 1010. The van der Waals surface area contributed by atoms with E-state index in [0.29, 0.717) is 18.7 Å². The highest BCUT2D eigenvalue weighted by atomic mass is 19.1. The molecule has 3 aromatic rings. The second-order valence-electron chi connectivity index (χ2n) is 7.69. The van der Waals surface area contributed by atoms with Gasteiger partial charge in [-0.05, 0) is 37.0 Å². The summed E-state index contributed by atoms with van der Waals surface area (Å²) in [5.41, 5.74) is 0.463. The number of aromatic nitrogens is 5. The molecule has 0 fully saturated rings. The van der Waals surface area contributed by atoms with Gasteiger partial charge in [-0.25, -0.2) is 14.2 Å². The van der Waals surface area contributed by atoms with Crippen molar-refractivity contribution in [3.05, 3.63) is 48.8 Å². The molecule has 2 heterocycles. The zero-order valence-electron chi connectivity index (χ0n) is 18.0. The molecule has 1 aromatic carbocycles. The van der Waals surface area contributed by atoms with Crippen LogP contribution in [0.4, 0.5) is 27.9 Å². The lowest BCUT2D eigenvalue weighted by atomic mass is 10.0. The zero-order chi connectivity index (χ0) is 22.9. The van der Waals surface area contributed by atoms with E-state index in [0.717, 1.165) is 13.0 Å². The summed E-state index contributed by atoms with van der Waals surface area (Å²) < 4.78 is 15.5. The first kappa shape index (κ1) is 22.9. The molecule has 0 saturated heterocycles. The molecule has 0 radical (unpaired) electrons. The summed E-state index contributed by atoms with van der Waals surface area (Å²) in [4.78, 5) is 28.6. The van der Waals surface area contributed by atoms with Crippen LogP contribution in [0.5, 0.6) is 0 Å². The highest BCUT2D eigenvalue weighted by Gasteiger charge is 2.20. The average molecular weight is 442 g/mol. The number of carboxylic acids is 1. The van der Waals surface area contributed by atoms with Gasteiger partial charge in [0, 0.05) is 31.2 Å². The fourth-order valence-corrected chi connectivity index (χ4v) is 3.00. The Balaban J connectivity index is 1.75. The number of benzene rings is 1. The molecule has 170 valence electrons. The number of nitrogens with one attached hydrogen (secondary N) is 3. The lowest BCUT2D eigenvalue weighted by Gasteiger charge is -2.17. The molecule has 3 rings (SSSR count). The summed E-state index contributed by atoms with van der Waals surface area (Å²) in [6, 6.07) is 5.04. The summed E-state index contributed by atoms with van der Waals surface area (Å²) >= 11 is 0. The van der Waals surface area contributed by atoms with Gasteiger partial charge in [-0.1, -0.05) is 19.9 Å². The summed E-state index contributed by atoms with van der Waals surface area (Å²) in [6.45, 7) is 5.23. The molecule has 4 N–H and O–H groups in total. The van der Waals surface area contributed by atoms with Gasteiger partial charge >= 0.3 is 5.97 Å². The van der Waals surface area contributed by atoms with Crippen molar-refractivity contribution in [3.63, 3.8) is 0 Å². The van der Waals surface area contributed by atoms with E-state index in [-0.39, 0.29) is 23.8 Å². The largest absolute Gasteiger partial charge is 0.480 e. The maximum atomic E-state index is 13.5. The zero-order valence-corrected chi connectivity index (χ0v) is 18.0. The van der Waals surface area contributed by atoms with Crippen LogP contribution in [0.25, 0.3) is 0 Å². The van der Waals surface area contributed by atoms with Crippen LogP contribution < -0.4 is 16.0 Å². The predicted octanol–water partition coefficient (Wildman–Crippen LogP) is 3.36. The molecular weight excluding hydrogens is 415 g/mol. The van der Waals surface area contributed by atoms with Gasteiger partial charge in [0.15, 0.2) is 0 Å². The lowest BCUT2D eigenvalue weighted by molar-refractivity contribution is -0.138. The number of carboxylic acid groups (broad SMARTS) is 1. The molecule has 0 unspecified atom stereocenters. The van der Waals surface area contributed by atoms with Gasteiger partial charge in [-0.3, -0.25) is 0 Å². The second-order valence-corrected chi connectivity index (χ2v) is 7.69. The SMILES string of the molecule is CC(C)C[C@H](Nc1nc(NCCCn2ccnc2)nc(Nc2cccc(F)c2)n1)C(=O)O. The number of imidazole rings is 1. The van der Waals surface area contributed by atoms with Gasteiger partial charge in [-0.2, -0.15) is 15.0 Å². The number of aliphatic carboxylic acids is 1. The molecule has 0 aliphatic rings. The van der Waals surface area contributed by atoms with Crippen LogP contribution in [0, 0.1) is 11.7 Å². The highest BCUT2D eigenvalue weighted by Crippen LogP contribution is 2.18. The fraction of sp³-hybridized carbons (Fsp3) is 0.381. The number of aryl methyl sites for hydroxylation is 1. The Kier molecular flexibility index (Phi) is 7.90. The number of carbonyl (C=O) groups is 1. The normalized spacial score (nSPS) is 11.9. The Morgan fingerprint density at radius 3 is 2.66 bits per heavy atom. The van der Waals surface area contributed by atoms with Crippen LogP contribution in [-0.2, 0) is 11.3 Å². The first-order valence-electron chi connectivity index (χ1n) is 10.4. The van der Waals surface area contributed by atoms with Gasteiger partial charge < -0.3 is 25.6 Å². The van der Waals surface area contributed by atoms with E-state index in [2.05, 4.69) is 35.9 Å². The van der Waals surface area contributed by atoms with E-state index in [1.165, 1.54) is 12.1 Å². The maximum Gasteiger partial charge on any atom is 0.326 e. The molecule has 10 nitrogen and oxygen atoms in total. The Morgan fingerprint density at radius 1 is 1.19 bits per heavy atom.